The van der Waals surface area contributed by atoms with E-state index in [0.29, 0.717) is 19.6 Å². The standard InChI is InChI=1S/C29H33BrN6O/c1-5-7-10-24(20(3)4)23(6-2)29(37)35-14-11-22(12-15-35)26-16-27(32-18-21-9-8-13-31-17-21)36-28(34-26)25(30)19-33-36/h5-10,13,16-17,19,22,32H,1,11-12,14-15,18H2,2-4H3/b10-7-,23-6+. The van der Waals surface area contributed by atoms with Crippen molar-refractivity contribution in [3.05, 3.63) is 100 Å². The Morgan fingerprint density at radius 1 is 1.27 bits per heavy atom. The summed E-state index contributed by atoms with van der Waals surface area (Å²) in [5, 5.41) is 7.98. The number of anilines is 1. The lowest BCUT2D eigenvalue weighted by molar-refractivity contribution is -0.127. The molecule has 1 amide bonds. The molecule has 0 spiro atoms. The van der Waals surface area contributed by atoms with E-state index in [4.69, 9.17) is 4.98 Å². The number of pyridine rings is 1. The highest BCUT2D eigenvalue weighted by atomic mass is 79.9. The van der Waals surface area contributed by atoms with Crippen molar-refractivity contribution in [2.75, 3.05) is 18.4 Å². The molecule has 4 rings (SSSR count). The molecule has 0 aliphatic carbocycles. The molecule has 3 aromatic heterocycles. The van der Waals surface area contributed by atoms with E-state index in [1.165, 1.54) is 0 Å². The first-order valence-corrected chi connectivity index (χ1v) is 13.3. The van der Waals surface area contributed by atoms with Gasteiger partial charge in [-0.2, -0.15) is 9.61 Å². The number of hydrogen-bond acceptors (Lipinski definition) is 5. The Balaban J connectivity index is 1.51. The Bertz CT molecular complexity index is 1360. The first-order valence-electron chi connectivity index (χ1n) is 12.5. The van der Waals surface area contributed by atoms with Crippen LogP contribution in [0.4, 0.5) is 5.82 Å². The zero-order valence-electron chi connectivity index (χ0n) is 21.6. The second-order valence-electron chi connectivity index (χ2n) is 9.29. The van der Waals surface area contributed by atoms with Gasteiger partial charge in [0.25, 0.3) is 5.91 Å². The van der Waals surface area contributed by atoms with Gasteiger partial charge in [-0.15, -0.1) is 0 Å². The van der Waals surface area contributed by atoms with E-state index in [1.54, 1.807) is 18.5 Å². The number of piperidine rings is 1. The van der Waals surface area contributed by atoms with Gasteiger partial charge < -0.3 is 10.2 Å². The number of likely N-dealkylation sites (tertiary alicyclic amines) is 1. The molecule has 37 heavy (non-hydrogen) atoms. The van der Waals surface area contributed by atoms with Crippen LogP contribution in [0.2, 0.25) is 0 Å². The number of hydrogen-bond donors (Lipinski definition) is 1. The van der Waals surface area contributed by atoms with Gasteiger partial charge in [-0.05, 0) is 66.7 Å². The summed E-state index contributed by atoms with van der Waals surface area (Å²) >= 11 is 3.59. The smallest absolute Gasteiger partial charge is 0.254 e. The molecule has 0 saturated carbocycles. The maximum absolute atomic E-state index is 13.5. The first kappa shape index (κ1) is 26.5. The fourth-order valence-electron chi connectivity index (χ4n) is 4.62. The van der Waals surface area contributed by atoms with Gasteiger partial charge in [0.1, 0.15) is 5.82 Å². The van der Waals surface area contributed by atoms with Gasteiger partial charge in [-0.25, -0.2) is 4.98 Å². The maximum Gasteiger partial charge on any atom is 0.254 e. The van der Waals surface area contributed by atoms with Crippen molar-refractivity contribution >= 4 is 33.3 Å². The third kappa shape index (κ3) is 6.07. The second kappa shape index (κ2) is 12.1. The first-order chi connectivity index (χ1) is 17.9. The van der Waals surface area contributed by atoms with Gasteiger partial charge in [-0.1, -0.05) is 42.5 Å². The molecule has 4 heterocycles. The molecule has 1 N–H and O–H groups in total. The van der Waals surface area contributed by atoms with Crippen LogP contribution < -0.4 is 5.32 Å². The van der Waals surface area contributed by atoms with Crippen LogP contribution in [0.3, 0.4) is 0 Å². The van der Waals surface area contributed by atoms with Crippen LogP contribution in [-0.2, 0) is 11.3 Å². The van der Waals surface area contributed by atoms with Crippen molar-refractivity contribution in [1.82, 2.24) is 24.5 Å². The number of allylic oxidation sites excluding steroid dienone is 5. The SMILES string of the molecule is C=C/C=C\C(=C(C)C)/C(=C\C)C(=O)N1CCC(c2cc(NCc3cccnc3)n3ncc(Br)c3n2)CC1. The molecule has 3 aromatic rings. The minimum Gasteiger partial charge on any atom is -0.366 e. The van der Waals surface area contributed by atoms with Gasteiger partial charge in [0.05, 0.1) is 10.7 Å². The number of aromatic nitrogens is 4. The molecular weight excluding hydrogens is 528 g/mol. The molecule has 0 bridgehead atoms. The molecule has 8 heteroatoms. The van der Waals surface area contributed by atoms with Gasteiger partial charge in [0.2, 0.25) is 0 Å². The minimum atomic E-state index is 0.0756. The summed E-state index contributed by atoms with van der Waals surface area (Å²) < 4.78 is 2.67. The molecule has 1 aliphatic heterocycles. The Hall–Kier alpha value is -3.52. The van der Waals surface area contributed by atoms with Crippen molar-refractivity contribution in [2.45, 2.75) is 46.1 Å². The van der Waals surface area contributed by atoms with Crippen LogP contribution in [0.5, 0.6) is 0 Å². The van der Waals surface area contributed by atoms with Crippen LogP contribution in [0.25, 0.3) is 5.65 Å². The Morgan fingerprint density at radius 3 is 2.70 bits per heavy atom. The minimum absolute atomic E-state index is 0.0756. The summed E-state index contributed by atoms with van der Waals surface area (Å²) in [5.41, 5.74) is 5.68. The number of carbonyl (C=O) groups excluding carboxylic acids is 1. The summed E-state index contributed by atoms with van der Waals surface area (Å²) in [6.45, 7) is 11.8. The van der Waals surface area contributed by atoms with Gasteiger partial charge in [-0.3, -0.25) is 9.78 Å². The third-order valence-electron chi connectivity index (χ3n) is 6.59. The lowest BCUT2D eigenvalue weighted by Crippen LogP contribution is -2.39. The number of nitrogens with one attached hydrogen (secondary N) is 1. The molecule has 1 fully saturated rings. The molecule has 1 aliphatic rings. The lowest BCUT2D eigenvalue weighted by Gasteiger charge is -2.33. The molecule has 192 valence electrons. The molecule has 0 atom stereocenters. The summed E-state index contributed by atoms with van der Waals surface area (Å²) in [5.74, 6) is 1.21. The van der Waals surface area contributed by atoms with Crippen molar-refractivity contribution < 1.29 is 4.79 Å². The van der Waals surface area contributed by atoms with E-state index < -0.39 is 0 Å². The highest BCUT2D eigenvalue weighted by Crippen LogP contribution is 2.32. The van der Waals surface area contributed by atoms with Gasteiger partial charge in [0.15, 0.2) is 5.65 Å². The summed E-state index contributed by atoms with van der Waals surface area (Å²) in [4.78, 5) is 24.6. The number of rotatable bonds is 8. The van der Waals surface area contributed by atoms with E-state index >= 15 is 0 Å². The zero-order valence-corrected chi connectivity index (χ0v) is 23.2. The van der Waals surface area contributed by atoms with Crippen molar-refractivity contribution in [3.63, 3.8) is 0 Å². The second-order valence-corrected chi connectivity index (χ2v) is 10.1. The Morgan fingerprint density at radius 2 is 2.05 bits per heavy atom. The molecule has 0 radical (unpaired) electrons. The lowest BCUT2D eigenvalue weighted by atomic mass is 9.91. The van der Waals surface area contributed by atoms with Crippen LogP contribution in [0.1, 0.15) is 50.8 Å². The van der Waals surface area contributed by atoms with Gasteiger partial charge >= 0.3 is 0 Å². The van der Waals surface area contributed by atoms with Crippen molar-refractivity contribution in [3.8, 4) is 0 Å². The molecule has 1 saturated heterocycles. The number of halogens is 1. The maximum atomic E-state index is 13.5. The monoisotopic (exact) mass is 560 g/mol. The van der Waals surface area contributed by atoms with Crippen LogP contribution in [0, 0.1) is 0 Å². The Labute approximate surface area is 226 Å². The predicted octanol–water partition coefficient (Wildman–Crippen LogP) is 6.23. The zero-order chi connectivity index (χ0) is 26.4. The third-order valence-corrected chi connectivity index (χ3v) is 7.15. The van der Waals surface area contributed by atoms with Crippen LogP contribution in [0.15, 0.2) is 88.9 Å². The van der Waals surface area contributed by atoms with E-state index in [1.807, 2.05) is 66.7 Å². The predicted molar refractivity (Wildman–Crippen MR) is 152 cm³/mol. The van der Waals surface area contributed by atoms with Crippen molar-refractivity contribution in [2.24, 2.45) is 0 Å². The molecule has 7 nitrogen and oxygen atoms in total. The van der Waals surface area contributed by atoms with E-state index in [0.717, 1.165) is 56.8 Å². The van der Waals surface area contributed by atoms with E-state index in [9.17, 15) is 4.79 Å². The largest absolute Gasteiger partial charge is 0.366 e. The highest BCUT2D eigenvalue weighted by molar-refractivity contribution is 9.10. The van der Waals surface area contributed by atoms with Gasteiger partial charge in [0, 0.05) is 55.3 Å². The number of amides is 1. The van der Waals surface area contributed by atoms with Crippen molar-refractivity contribution in [1.29, 1.82) is 0 Å². The summed E-state index contributed by atoms with van der Waals surface area (Å²) in [6, 6.07) is 6.06. The number of nitrogens with zero attached hydrogens (tertiary/aromatic N) is 5. The normalized spacial score (nSPS) is 14.8. The Kier molecular flexibility index (Phi) is 8.71. The quantitative estimate of drug-likeness (QED) is 0.261. The van der Waals surface area contributed by atoms with E-state index in [2.05, 4.69) is 44.0 Å². The fraction of sp³-hybridized carbons (Fsp3) is 0.310. The molecular formula is C29H33BrN6O. The summed E-state index contributed by atoms with van der Waals surface area (Å²) in [6.07, 6.45) is 14.6. The number of carbonyl (C=O) groups is 1. The summed E-state index contributed by atoms with van der Waals surface area (Å²) in [7, 11) is 0. The fourth-order valence-corrected chi connectivity index (χ4v) is 4.97. The average molecular weight is 562 g/mol. The molecule has 0 aromatic carbocycles. The average Bonchev–Trinajstić information content (AvgIpc) is 3.30. The molecule has 0 unspecified atom stereocenters. The number of fused-ring (bicyclic) bond motifs is 1. The van der Waals surface area contributed by atoms with Crippen LogP contribution in [-0.4, -0.2) is 43.5 Å². The highest BCUT2D eigenvalue weighted by Gasteiger charge is 2.28. The van der Waals surface area contributed by atoms with Crippen LogP contribution >= 0.6 is 15.9 Å². The van der Waals surface area contributed by atoms with E-state index in [-0.39, 0.29) is 11.8 Å². The topological polar surface area (TPSA) is 75.4 Å².